The molecule has 0 radical (unpaired) electrons. The third kappa shape index (κ3) is 3.39. The van der Waals surface area contributed by atoms with Gasteiger partial charge in [-0.05, 0) is 37.5 Å². The Kier molecular flexibility index (Phi) is 4.56. The first-order chi connectivity index (χ1) is 13.0. The van der Waals surface area contributed by atoms with Crippen molar-refractivity contribution < 1.29 is 4.79 Å². The number of aromatic nitrogens is 3. The van der Waals surface area contributed by atoms with Gasteiger partial charge in [0.05, 0.1) is 17.3 Å². The second-order valence-corrected chi connectivity index (χ2v) is 7.35. The van der Waals surface area contributed by atoms with E-state index in [1.54, 1.807) is 17.1 Å². The Morgan fingerprint density at radius 3 is 2.67 bits per heavy atom. The fraction of sp³-hybridized carbons (Fsp3) is 0.381. The van der Waals surface area contributed by atoms with Gasteiger partial charge in [-0.3, -0.25) is 9.48 Å². The maximum absolute atomic E-state index is 12.6. The van der Waals surface area contributed by atoms with Gasteiger partial charge >= 0.3 is 0 Å². The molecule has 2 aromatic heterocycles. The Bertz CT molecular complexity index is 972. The Balaban J connectivity index is 1.45. The van der Waals surface area contributed by atoms with Gasteiger partial charge in [0.1, 0.15) is 5.82 Å². The number of aryl methyl sites for hydroxylation is 2. The molecule has 1 aromatic carbocycles. The average molecular weight is 363 g/mol. The average Bonchev–Trinajstić information content (AvgIpc) is 3.13. The van der Waals surface area contributed by atoms with Crippen LogP contribution in [0.1, 0.15) is 28.8 Å². The van der Waals surface area contributed by atoms with E-state index < -0.39 is 0 Å². The van der Waals surface area contributed by atoms with Crippen LogP contribution in [-0.4, -0.2) is 51.8 Å². The molecule has 0 bridgehead atoms. The molecule has 3 aromatic rings. The fourth-order valence-corrected chi connectivity index (χ4v) is 3.88. The van der Waals surface area contributed by atoms with E-state index >= 15 is 0 Å². The summed E-state index contributed by atoms with van der Waals surface area (Å²) in [6.45, 7) is 3.95. The van der Waals surface area contributed by atoms with Crippen molar-refractivity contribution in [3.05, 3.63) is 53.9 Å². The third-order valence-corrected chi connectivity index (χ3v) is 5.52. The van der Waals surface area contributed by atoms with Crippen molar-refractivity contribution in [2.75, 3.05) is 25.0 Å². The van der Waals surface area contributed by atoms with E-state index in [1.807, 2.05) is 25.1 Å². The molecule has 1 saturated heterocycles. The first-order valence-corrected chi connectivity index (χ1v) is 9.40. The number of carbonyl (C=O) groups excluding carboxylic acids is 1. The molecule has 1 aliphatic heterocycles. The minimum atomic E-state index is 0.0428. The molecular weight excluding hydrogens is 338 g/mol. The lowest BCUT2D eigenvalue weighted by molar-refractivity contribution is 0.0709. The molecule has 0 aliphatic carbocycles. The summed E-state index contributed by atoms with van der Waals surface area (Å²) in [6.07, 6.45) is 5.29. The molecule has 1 amide bonds. The number of hydrogen-bond donors (Lipinski definition) is 0. The summed E-state index contributed by atoms with van der Waals surface area (Å²) in [5.41, 5.74) is 2.94. The van der Waals surface area contributed by atoms with E-state index in [-0.39, 0.29) is 11.9 Å². The zero-order chi connectivity index (χ0) is 19.0. The van der Waals surface area contributed by atoms with Crippen LogP contribution in [0.3, 0.4) is 0 Å². The number of anilines is 1. The lowest BCUT2D eigenvalue weighted by atomic mass is 10.0. The number of nitrogens with zero attached hydrogens (tertiary/aromatic N) is 5. The number of hydrogen-bond acceptors (Lipinski definition) is 4. The van der Waals surface area contributed by atoms with Crippen LogP contribution >= 0.6 is 0 Å². The smallest absolute Gasteiger partial charge is 0.257 e. The van der Waals surface area contributed by atoms with Crippen LogP contribution in [0.15, 0.2) is 42.7 Å². The van der Waals surface area contributed by atoms with Gasteiger partial charge in [-0.25, -0.2) is 4.98 Å². The van der Waals surface area contributed by atoms with Crippen LogP contribution < -0.4 is 4.90 Å². The van der Waals surface area contributed by atoms with Crippen LogP contribution in [0.4, 0.5) is 5.82 Å². The number of piperidine rings is 1. The van der Waals surface area contributed by atoms with E-state index in [9.17, 15) is 4.79 Å². The number of benzene rings is 1. The number of amides is 1. The van der Waals surface area contributed by atoms with Crippen molar-refractivity contribution in [2.45, 2.75) is 25.8 Å². The molecule has 0 unspecified atom stereocenters. The topological polar surface area (TPSA) is 54.3 Å². The quantitative estimate of drug-likeness (QED) is 0.718. The van der Waals surface area contributed by atoms with Gasteiger partial charge in [-0.2, -0.15) is 5.10 Å². The number of carbonyl (C=O) groups is 1. The number of fused-ring (bicyclic) bond motifs is 1. The van der Waals surface area contributed by atoms with E-state index in [0.717, 1.165) is 37.3 Å². The van der Waals surface area contributed by atoms with Gasteiger partial charge < -0.3 is 9.80 Å². The number of para-hydroxylation sites is 1. The zero-order valence-corrected chi connectivity index (χ0v) is 16.1. The predicted molar refractivity (Wildman–Crippen MR) is 107 cm³/mol. The molecule has 0 saturated carbocycles. The molecule has 0 spiro atoms. The maximum Gasteiger partial charge on any atom is 0.257 e. The molecule has 140 valence electrons. The molecule has 1 fully saturated rings. The van der Waals surface area contributed by atoms with Crippen molar-refractivity contribution >= 4 is 22.6 Å². The fourth-order valence-electron chi connectivity index (χ4n) is 3.88. The predicted octanol–water partition coefficient (Wildman–Crippen LogP) is 3.02. The van der Waals surface area contributed by atoms with Crippen LogP contribution in [0.5, 0.6) is 0 Å². The van der Waals surface area contributed by atoms with Gasteiger partial charge in [-0.1, -0.05) is 18.2 Å². The van der Waals surface area contributed by atoms with Crippen LogP contribution in [-0.2, 0) is 7.05 Å². The first kappa shape index (κ1) is 17.5. The van der Waals surface area contributed by atoms with Crippen LogP contribution in [0.25, 0.3) is 10.9 Å². The summed E-state index contributed by atoms with van der Waals surface area (Å²) in [5, 5.41) is 5.31. The van der Waals surface area contributed by atoms with Crippen molar-refractivity contribution in [3.63, 3.8) is 0 Å². The number of rotatable bonds is 3. The van der Waals surface area contributed by atoms with Gasteiger partial charge in [0.2, 0.25) is 0 Å². The normalized spacial score (nSPS) is 15.3. The Labute approximate surface area is 159 Å². The standard InChI is InChI=1S/C21H25N5O/c1-15-12-20(23-19-7-5-4-6-18(15)19)26-10-8-17(9-11-26)25(3)21(27)16-13-22-24(2)14-16/h4-7,12-14,17H,8-11H2,1-3H3. The van der Waals surface area contributed by atoms with Gasteiger partial charge in [0.25, 0.3) is 5.91 Å². The highest BCUT2D eigenvalue weighted by Crippen LogP contribution is 2.26. The van der Waals surface area contributed by atoms with E-state index in [1.165, 1.54) is 10.9 Å². The van der Waals surface area contributed by atoms with Gasteiger partial charge in [0.15, 0.2) is 0 Å². The minimum Gasteiger partial charge on any atom is -0.356 e. The largest absolute Gasteiger partial charge is 0.356 e. The van der Waals surface area contributed by atoms with Gasteiger partial charge in [-0.15, -0.1) is 0 Å². The highest BCUT2D eigenvalue weighted by Gasteiger charge is 2.27. The van der Waals surface area contributed by atoms with Crippen molar-refractivity contribution in [2.24, 2.45) is 7.05 Å². The molecule has 0 atom stereocenters. The van der Waals surface area contributed by atoms with E-state index in [2.05, 4.69) is 41.2 Å². The molecule has 6 heteroatoms. The molecule has 1 aliphatic rings. The molecule has 4 rings (SSSR count). The van der Waals surface area contributed by atoms with Crippen molar-refractivity contribution in [1.82, 2.24) is 19.7 Å². The lowest BCUT2D eigenvalue weighted by Gasteiger charge is -2.37. The Morgan fingerprint density at radius 1 is 1.22 bits per heavy atom. The summed E-state index contributed by atoms with van der Waals surface area (Å²) in [6, 6.07) is 10.7. The first-order valence-electron chi connectivity index (χ1n) is 9.40. The van der Waals surface area contributed by atoms with E-state index in [4.69, 9.17) is 4.98 Å². The van der Waals surface area contributed by atoms with E-state index in [0.29, 0.717) is 5.56 Å². The monoisotopic (exact) mass is 363 g/mol. The summed E-state index contributed by atoms with van der Waals surface area (Å²) in [7, 11) is 3.72. The lowest BCUT2D eigenvalue weighted by Crippen LogP contribution is -2.45. The summed E-state index contributed by atoms with van der Waals surface area (Å²) in [5.74, 6) is 1.08. The molecular formula is C21H25N5O. The van der Waals surface area contributed by atoms with Crippen molar-refractivity contribution in [1.29, 1.82) is 0 Å². The second kappa shape index (κ2) is 7.02. The number of pyridine rings is 1. The minimum absolute atomic E-state index is 0.0428. The van der Waals surface area contributed by atoms with Gasteiger partial charge in [0, 0.05) is 44.8 Å². The zero-order valence-electron chi connectivity index (χ0n) is 16.1. The van der Waals surface area contributed by atoms with Crippen LogP contribution in [0, 0.1) is 6.92 Å². The summed E-state index contributed by atoms with van der Waals surface area (Å²) < 4.78 is 1.66. The third-order valence-electron chi connectivity index (χ3n) is 5.52. The van der Waals surface area contributed by atoms with Crippen molar-refractivity contribution in [3.8, 4) is 0 Å². The Morgan fingerprint density at radius 2 is 1.96 bits per heavy atom. The second-order valence-electron chi connectivity index (χ2n) is 7.35. The molecule has 0 N–H and O–H groups in total. The maximum atomic E-state index is 12.6. The summed E-state index contributed by atoms with van der Waals surface area (Å²) >= 11 is 0. The molecule has 6 nitrogen and oxygen atoms in total. The Hall–Kier alpha value is -2.89. The highest BCUT2D eigenvalue weighted by atomic mass is 16.2. The highest BCUT2D eigenvalue weighted by molar-refractivity contribution is 5.93. The SMILES string of the molecule is Cc1cc(N2CCC(N(C)C(=O)c3cnn(C)c3)CC2)nc2ccccc12. The molecule has 27 heavy (non-hydrogen) atoms. The summed E-state index contributed by atoms with van der Waals surface area (Å²) in [4.78, 5) is 21.7. The molecule has 3 heterocycles. The van der Waals surface area contributed by atoms with Crippen LogP contribution in [0.2, 0.25) is 0 Å².